The first-order valence-electron chi connectivity index (χ1n) is 7.82. The number of hydrogen-bond acceptors (Lipinski definition) is 5. The van der Waals surface area contributed by atoms with Gasteiger partial charge in [0.1, 0.15) is 5.69 Å². The van der Waals surface area contributed by atoms with Crippen LogP contribution in [0.1, 0.15) is 48.0 Å². The van der Waals surface area contributed by atoms with Gasteiger partial charge in [0.25, 0.3) is 5.91 Å². The molecule has 0 radical (unpaired) electrons. The van der Waals surface area contributed by atoms with Crippen LogP contribution in [0.2, 0.25) is 0 Å². The van der Waals surface area contributed by atoms with Gasteiger partial charge >= 0.3 is 0 Å². The van der Waals surface area contributed by atoms with Crippen LogP contribution in [0.4, 0.5) is 0 Å². The minimum atomic E-state index is -0.128. The Morgan fingerprint density at radius 2 is 2.39 bits per heavy atom. The zero-order valence-electron chi connectivity index (χ0n) is 12.8. The first-order chi connectivity index (χ1) is 11.3. The smallest absolute Gasteiger partial charge is 0.273 e. The third-order valence-electron chi connectivity index (χ3n) is 4.23. The third kappa shape index (κ3) is 2.38. The summed E-state index contributed by atoms with van der Waals surface area (Å²) in [5.41, 5.74) is 1.40. The van der Waals surface area contributed by atoms with Gasteiger partial charge in [-0.1, -0.05) is 12.1 Å². The molecule has 4 heterocycles. The average Bonchev–Trinajstić information content (AvgIpc) is 3.31. The summed E-state index contributed by atoms with van der Waals surface area (Å²) in [6, 6.07) is 5.56. The maximum Gasteiger partial charge on any atom is 0.273 e. The summed E-state index contributed by atoms with van der Waals surface area (Å²) in [5, 5.41) is 4.03. The molecule has 3 aromatic heterocycles. The Balaban J connectivity index is 1.63. The van der Waals surface area contributed by atoms with Gasteiger partial charge in [0.2, 0.25) is 5.89 Å². The van der Waals surface area contributed by atoms with Crippen LogP contribution in [0.3, 0.4) is 0 Å². The lowest BCUT2D eigenvalue weighted by molar-refractivity contribution is 0.0722. The molecule has 1 amide bonds. The normalized spacial score (nSPS) is 18.0. The van der Waals surface area contributed by atoms with Crippen molar-refractivity contribution in [3.63, 3.8) is 0 Å². The molecule has 0 spiro atoms. The molecule has 0 bridgehead atoms. The molecule has 1 aliphatic heterocycles. The number of carbonyl (C=O) groups is 1. The molecular formula is C16H17N5O2. The van der Waals surface area contributed by atoms with Gasteiger partial charge in [0, 0.05) is 24.7 Å². The zero-order valence-corrected chi connectivity index (χ0v) is 12.8. The van der Waals surface area contributed by atoms with Crippen molar-refractivity contribution >= 4 is 11.4 Å². The number of amides is 1. The number of likely N-dealkylation sites (tertiary alicyclic amines) is 1. The molecular weight excluding hydrogens is 294 g/mol. The van der Waals surface area contributed by atoms with Gasteiger partial charge in [-0.25, -0.2) is 4.98 Å². The number of fused-ring (bicyclic) bond motifs is 1. The first kappa shape index (κ1) is 13.9. The van der Waals surface area contributed by atoms with Gasteiger partial charge in [0.05, 0.1) is 12.4 Å². The molecule has 1 aliphatic rings. The lowest BCUT2D eigenvalue weighted by Gasteiger charge is -2.21. The Morgan fingerprint density at radius 3 is 3.22 bits per heavy atom. The van der Waals surface area contributed by atoms with Crippen LogP contribution in [0.25, 0.3) is 5.52 Å². The molecule has 0 saturated carbocycles. The second kappa shape index (κ2) is 5.49. The first-order valence-corrected chi connectivity index (χ1v) is 7.82. The molecule has 0 N–H and O–H groups in total. The van der Waals surface area contributed by atoms with Crippen LogP contribution < -0.4 is 0 Å². The van der Waals surface area contributed by atoms with Gasteiger partial charge in [0.15, 0.2) is 5.82 Å². The van der Waals surface area contributed by atoms with Gasteiger partial charge in [-0.15, -0.1) is 0 Å². The number of aryl methyl sites for hydroxylation is 1. The second-order valence-corrected chi connectivity index (χ2v) is 5.67. The monoisotopic (exact) mass is 311 g/mol. The number of nitrogens with zero attached hydrogens (tertiary/aromatic N) is 5. The summed E-state index contributed by atoms with van der Waals surface area (Å²) >= 11 is 0. The molecule has 7 nitrogen and oxygen atoms in total. The summed E-state index contributed by atoms with van der Waals surface area (Å²) < 4.78 is 7.07. The molecule has 1 saturated heterocycles. The Kier molecular flexibility index (Phi) is 3.33. The van der Waals surface area contributed by atoms with Gasteiger partial charge in [-0.3, -0.25) is 4.79 Å². The highest BCUT2D eigenvalue weighted by Crippen LogP contribution is 2.31. The Bertz CT molecular complexity index is 853. The van der Waals surface area contributed by atoms with Gasteiger partial charge < -0.3 is 13.8 Å². The molecule has 7 heteroatoms. The molecule has 4 rings (SSSR count). The topological polar surface area (TPSA) is 76.5 Å². The van der Waals surface area contributed by atoms with Crippen molar-refractivity contribution < 1.29 is 9.32 Å². The summed E-state index contributed by atoms with van der Waals surface area (Å²) in [5.74, 6) is 1.11. The fourth-order valence-corrected chi connectivity index (χ4v) is 3.03. The predicted molar refractivity (Wildman–Crippen MR) is 81.9 cm³/mol. The summed E-state index contributed by atoms with van der Waals surface area (Å²) in [6.45, 7) is 2.65. The highest BCUT2D eigenvalue weighted by atomic mass is 16.5. The number of hydrogen-bond donors (Lipinski definition) is 0. The summed E-state index contributed by atoms with van der Waals surface area (Å²) in [6.07, 6.45) is 6.04. The fraction of sp³-hybridized carbons (Fsp3) is 0.375. The largest absolute Gasteiger partial charge is 0.339 e. The van der Waals surface area contributed by atoms with Crippen molar-refractivity contribution in [2.75, 3.05) is 6.54 Å². The van der Waals surface area contributed by atoms with E-state index >= 15 is 0 Å². The Hall–Kier alpha value is -2.70. The standard InChI is InChI=1S/C16H17N5O2/c1-2-14-18-15(19-23-14)13-6-4-8-21(13)16(22)12-9-11-5-3-7-20(11)10-17-12/h3,5,7,9-10,13H,2,4,6,8H2,1H3. The van der Waals surface area contributed by atoms with E-state index in [0.29, 0.717) is 30.4 Å². The van der Waals surface area contributed by atoms with Crippen molar-refractivity contribution in [3.05, 3.63) is 48.1 Å². The highest BCUT2D eigenvalue weighted by Gasteiger charge is 2.34. The summed E-state index contributed by atoms with van der Waals surface area (Å²) in [4.78, 5) is 23.3. The van der Waals surface area contributed by atoms with E-state index in [9.17, 15) is 4.79 Å². The summed E-state index contributed by atoms with van der Waals surface area (Å²) in [7, 11) is 0. The molecule has 0 aliphatic carbocycles. The number of rotatable bonds is 3. The Labute approximate surface area is 132 Å². The van der Waals surface area contributed by atoms with E-state index in [4.69, 9.17) is 4.52 Å². The second-order valence-electron chi connectivity index (χ2n) is 5.67. The molecule has 1 atom stereocenters. The van der Waals surface area contributed by atoms with E-state index < -0.39 is 0 Å². The molecule has 23 heavy (non-hydrogen) atoms. The molecule has 0 aromatic carbocycles. The lowest BCUT2D eigenvalue weighted by Crippen LogP contribution is -2.31. The zero-order chi connectivity index (χ0) is 15.8. The molecule has 118 valence electrons. The number of carbonyl (C=O) groups excluding carboxylic acids is 1. The van der Waals surface area contributed by atoms with E-state index in [-0.39, 0.29) is 11.9 Å². The van der Waals surface area contributed by atoms with Crippen LogP contribution in [0.15, 0.2) is 35.2 Å². The van der Waals surface area contributed by atoms with E-state index in [2.05, 4.69) is 15.1 Å². The van der Waals surface area contributed by atoms with Crippen molar-refractivity contribution in [3.8, 4) is 0 Å². The van der Waals surface area contributed by atoms with Crippen LogP contribution in [-0.4, -0.2) is 36.9 Å². The predicted octanol–water partition coefficient (Wildman–Crippen LogP) is 2.26. The Morgan fingerprint density at radius 1 is 1.48 bits per heavy atom. The van der Waals surface area contributed by atoms with Crippen molar-refractivity contribution in [1.82, 2.24) is 24.4 Å². The van der Waals surface area contributed by atoms with E-state index in [1.807, 2.05) is 35.7 Å². The van der Waals surface area contributed by atoms with E-state index in [1.54, 1.807) is 11.2 Å². The minimum Gasteiger partial charge on any atom is -0.339 e. The maximum atomic E-state index is 12.8. The quantitative estimate of drug-likeness (QED) is 0.741. The van der Waals surface area contributed by atoms with Gasteiger partial charge in [-0.05, 0) is 31.0 Å². The average molecular weight is 311 g/mol. The van der Waals surface area contributed by atoms with Crippen LogP contribution in [0.5, 0.6) is 0 Å². The minimum absolute atomic E-state index is 0.0842. The van der Waals surface area contributed by atoms with Crippen LogP contribution in [-0.2, 0) is 6.42 Å². The third-order valence-corrected chi connectivity index (χ3v) is 4.23. The molecule has 1 fully saturated rings. The van der Waals surface area contributed by atoms with E-state index in [0.717, 1.165) is 18.4 Å². The van der Waals surface area contributed by atoms with Crippen LogP contribution in [0, 0.1) is 0 Å². The van der Waals surface area contributed by atoms with Crippen molar-refractivity contribution in [1.29, 1.82) is 0 Å². The van der Waals surface area contributed by atoms with Crippen molar-refractivity contribution in [2.24, 2.45) is 0 Å². The maximum absolute atomic E-state index is 12.8. The fourth-order valence-electron chi connectivity index (χ4n) is 3.03. The van der Waals surface area contributed by atoms with Crippen LogP contribution >= 0.6 is 0 Å². The molecule has 1 unspecified atom stereocenters. The number of aromatic nitrogens is 4. The molecule has 3 aromatic rings. The highest BCUT2D eigenvalue weighted by molar-refractivity contribution is 5.93. The lowest BCUT2D eigenvalue weighted by atomic mass is 10.2. The SMILES string of the molecule is CCc1nc(C2CCCN2C(=O)c2cc3cccn3cn2)no1. The van der Waals surface area contributed by atoms with Gasteiger partial charge in [-0.2, -0.15) is 4.98 Å². The van der Waals surface area contributed by atoms with Crippen molar-refractivity contribution in [2.45, 2.75) is 32.2 Å². The van der Waals surface area contributed by atoms with E-state index in [1.165, 1.54) is 0 Å².